The number of aliphatic hydroxyl groups excluding tert-OH is 1. The van der Waals surface area contributed by atoms with Crippen LogP contribution >= 0.6 is 11.6 Å². The van der Waals surface area contributed by atoms with E-state index in [0.29, 0.717) is 23.3 Å². The van der Waals surface area contributed by atoms with Gasteiger partial charge in [-0.1, -0.05) is 54.1 Å². The molecule has 2 heterocycles. The minimum atomic E-state index is -0.399. The standard InChI is InChI=1S/C21H22ClN3O2/c22-18-9-5-4-8-17(18)21-24-23-19(27-21)14-25-12-10-16(11-13-25)20(26)15-6-2-1-3-7-15/h1-9,16,20,26H,10-14H2. The lowest BCUT2D eigenvalue weighted by Crippen LogP contribution is -2.35. The normalized spacial score (nSPS) is 17.1. The molecule has 1 saturated heterocycles. The number of aromatic nitrogens is 2. The zero-order valence-electron chi connectivity index (χ0n) is 15.0. The van der Waals surface area contributed by atoms with Crippen molar-refractivity contribution in [1.29, 1.82) is 0 Å². The third-order valence-electron chi connectivity index (χ3n) is 5.15. The van der Waals surface area contributed by atoms with Crippen LogP contribution in [0.2, 0.25) is 5.02 Å². The first kappa shape index (κ1) is 18.2. The van der Waals surface area contributed by atoms with Gasteiger partial charge in [-0.3, -0.25) is 4.90 Å². The molecule has 0 bridgehead atoms. The highest BCUT2D eigenvalue weighted by Crippen LogP contribution is 2.31. The molecule has 0 spiro atoms. The van der Waals surface area contributed by atoms with E-state index in [1.54, 1.807) is 0 Å². The quantitative estimate of drug-likeness (QED) is 0.710. The predicted octanol–water partition coefficient (Wildman–Crippen LogP) is 4.34. The highest BCUT2D eigenvalue weighted by molar-refractivity contribution is 6.33. The number of aliphatic hydroxyl groups is 1. The van der Waals surface area contributed by atoms with Gasteiger partial charge in [0.15, 0.2) is 0 Å². The number of rotatable bonds is 5. The Kier molecular flexibility index (Phi) is 5.53. The lowest BCUT2D eigenvalue weighted by molar-refractivity contribution is 0.0544. The molecule has 1 aromatic heterocycles. The summed E-state index contributed by atoms with van der Waals surface area (Å²) in [5.41, 5.74) is 1.75. The van der Waals surface area contributed by atoms with Crippen molar-refractivity contribution in [2.45, 2.75) is 25.5 Å². The van der Waals surface area contributed by atoms with Gasteiger partial charge in [0.1, 0.15) is 0 Å². The van der Waals surface area contributed by atoms with Crippen molar-refractivity contribution in [3.8, 4) is 11.5 Å². The molecule has 1 fully saturated rings. The fraction of sp³-hybridized carbons (Fsp3) is 0.333. The number of likely N-dealkylation sites (tertiary alicyclic amines) is 1. The smallest absolute Gasteiger partial charge is 0.249 e. The molecule has 140 valence electrons. The molecule has 5 nitrogen and oxygen atoms in total. The Balaban J connectivity index is 1.34. The second-order valence-corrected chi connectivity index (χ2v) is 7.36. The highest BCUT2D eigenvalue weighted by Gasteiger charge is 2.27. The average molecular weight is 384 g/mol. The number of halogens is 1. The van der Waals surface area contributed by atoms with Crippen LogP contribution in [0.5, 0.6) is 0 Å². The molecule has 0 saturated carbocycles. The second-order valence-electron chi connectivity index (χ2n) is 6.95. The largest absolute Gasteiger partial charge is 0.419 e. The maximum absolute atomic E-state index is 10.6. The van der Waals surface area contributed by atoms with Crippen LogP contribution in [0.15, 0.2) is 59.0 Å². The van der Waals surface area contributed by atoms with Crippen molar-refractivity contribution in [1.82, 2.24) is 15.1 Å². The van der Waals surface area contributed by atoms with Gasteiger partial charge < -0.3 is 9.52 Å². The van der Waals surface area contributed by atoms with Crippen LogP contribution < -0.4 is 0 Å². The summed E-state index contributed by atoms with van der Waals surface area (Å²) in [6.45, 7) is 2.42. The van der Waals surface area contributed by atoms with Gasteiger partial charge in [0.25, 0.3) is 0 Å². The van der Waals surface area contributed by atoms with E-state index in [9.17, 15) is 5.11 Å². The third-order valence-corrected chi connectivity index (χ3v) is 5.48. The van der Waals surface area contributed by atoms with Gasteiger partial charge in [0.2, 0.25) is 11.8 Å². The van der Waals surface area contributed by atoms with E-state index in [1.807, 2.05) is 54.6 Å². The summed E-state index contributed by atoms with van der Waals surface area (Å²) < 4.78 is 5.80. The summed E-state index contributed by atoms with van der Waals surface area (Å²) in [5.74, 6) is 1.32. The van der Waals surface area contributed by atoms with Gasteiger partial charge in [-0.25, -0.2) is 0 Å². The topological polar surface area (TPSA) is 62.4 Å². The summed E-state index contributed by atoms with van der Waals surface area (Å²) in [6, 6.07) is 17.3. The molecule has 0 aliphatic carbocycles. The van der Waals surface area contributed by atoms with Crippen molar-refractivity contribution in [3.63, 3.8) is 0 Å². The van der Waals surface area contributed by atoms with Crippen molar-refractivity contribution in [2.24, 2.45) is 5.92 Å². The first-order chi connectivity index (χ1) is 13.2. The molecule has 1 unspecified atom stereocenters. The van der Waals surface area contributed by atoms with Gasteiger partial charge in [-0.05, 0) is 49.5 Å². The molecule has 4 rings (SSSR count). The van der Waals surface area contributed by atoms with E-state index in [4.69, 9.17) is 16.0 Å². The molecule has 27 heavy (non-hydrogen) atoms. The maximum atomic E-state index is 10.6. The summed E-state index contributed by atoms with van der Waals surface area (Å²) in [5, 5.41) is 19.5. The summed E-state index contributed by atoms with van der Waals surface area (Å²) in [6.07, 6.45) is 1.49. The van der Waals surface area contributed by atoms with Gasteiger partial charge in [0.05, 0.1) is 23.2 Å². The van der Waals surface area contributed by atoms with Gasteiger partial charge in [0, 0.05) is 0 Å². The molecule has 6 heteroatoms. The van der Waals surface area contributed by atoms with Crippen molar-refractivity contribution < 1.29 is 9.52 Å². The Labute approximate surface area is 163 Å². The van der Waals surface area contributed by atoms with Crippen LogP contribution in [0.1, 0.15) is 30.4 Å². The van der Waals surface area contributed by atoms with Gasteiger partial charge in [-0.2, -0.15) is 0 Å². The molecular weight excluding hydrogens is 362 g/mol. The monoisotopic (exact) mass is 383 g/mol. The zero-order valence-corrected chi connectivity index (χ0v) is 15.7. The lowest BCUT2D eigenvalue weighted by atomic mass is 9.87. The Morgan fingerprint density at radius 1 is 1.04 bits per heavy atom. The van der Waals surface area contributed by atoms with Crippen molar-refractivity contribution in [2.75, 3.05) is 13.1 Å². The van der Waals surface area contributed by atoms with Crippen LogP contribution in [0.4, 0.5) is 0 Å². The van der Waals surface area contributed by atoms with Crippen LogP contribution in [0.25, 0.3) is 11.5 Å². The van der Waals surface area contributed by atoms with Crippen LogP contribution in [0, 0.1) is 5.92 Å². The molecule has 2 aromatic carbocycles. The molecule has 1 N–H and O–H groups in total. The Morgan fingerprint density at radius 3 is 2.48 bits per heavy atom. The number of benzene rings is 2. The molecule has 1 atom stereocenters. The molecule has 1 aliphatic heterocycles. The van der Waals surface area contributed by atoms with Crippen molar-refractivity contribution >= 4 is 11.6 Å². The Hall–Kier alpha value is -2.21. The summed E-state index contributed by atoms with van der Waals surface area (Å²) in [4.78, 5) is 2.29. The minimum Gasteiger partial charge on any atom is -0.419 e. The number of hydrogen-bond acceptors (Lipinski definition) is 5. The number of hydrogen-bond donors (Lipinski definition) is 1. The Bertz CT molecular complexity index is 876. The van der Waals surface area contributed by atoms with Crippen LogP contribution in [-0.2, 0) is 6.54 Å². The van der Waals surface area contributed by atoms with Gasteiger partial charge in [-0.15, -0.1) is 10.2 Å². The first-order valence-electron chi connectivity index (χ1n) is 9.23. The fourth-order valence-electron chi connectivity index (χ4n) is 3.60. The summed E-state index contributed by atoms with van der Waals surface area (Å²) >= 11 is 6.19. The SMILES string of the molecule is OC(c1ccccc1)C1CCN(Cc2nnc(-c3ccccc3Cl)o2)CC1. The van der Waals surface area contributed by atoms with Gasteiger partial charge >= 0.3 is 0 Å². The van der Waals surface area contributed by atoms with E-state index >= 15 is 0 Å². The van der Waals surface area contributed by atoms with E-state index in [2.05, 4.69) is 15.1 Å². The van der Waals surface area contributed by atoms with E-state index in [0.717, 1.165) is 37.1 Å². The summed E-state index contributed by atoms with van der Waals surface area (Å²) in [7, 11) is 0. The van der Waals surface area contributed by atoms with E-state index < -0.39 is 6.10 Å². The predicted molar refractivity (Wildman–Crippen MR) is 104 cm³/mol. The fourth-order valence-corrected chi connectivity index (χ4v) is 3.82. The first-order valence-corrected chi connectivity index (χ1v) is 9.61. The lowest BCUT2D eigenvalue weighted by Gasteiger charge is -2.33. The average Bonchev–Trinajstić information content (AvgIpc) is 3.17. The molecule has 0 radical (unpaired) electrons. The minimum absolute atomic E-state index is 0.282. The molecule has 3 aromatic rings. The van der Waals surface area contributed by atoms with Crippen LogP contribution in [0.3, 0.4) is 0 Å². The third kappa shape index (κ3) is 4.21. The molecule has 1 aliphatic rings. The highest BCUT2D eigenvalue weighted by atomic mass is 35.5. The molecule has 0 amide bonds. The zero-order chi connectivity index (χ0) is 18.6. The van der Waals surface area contributed by atoms with E-state index in [1.165, 1.54) is 0 Å². The number of piperidine rings is 1. The second kappa shape index (κ2) is 8.21. The molecular formula is C21H22ClN3O2. The van der Waals surface area contributed by atoms with Crippen LogP contribution in [-0.4, -0.2) is 33.3 Å². The Morgan fingerprint density at radius 2 is 1.74 bits per heavy atom. The maximum Gasteiger partial charge on any atom is 0.249 e. The van der Waals surface area contributed by atoms with E-state index in [-0.39, 0.29) is 5.92 Å². The number of nitrogens with zero attached hydrogens (tertiary/aromatic N) is 3. The van der Waals surface area contributed by atoms with Crippen molar-refractivity contribution in [3.05, 3.63) is 71.1 Å².